The molecule has 7 nitrogen and oxygen atoms in total. The fraction of sp³-hybridized carbons (Fsp3) is 0.167. The number of nitrogens with one attached hydrogen (secondary N) is 1. The maximum Gasteiger partial charge on any atom is 0.251 e. The molecule has 1 aromatic heterocycles. The summed E-state index contributed by atoms with van der Waals surface area (Å²) in [4.78, 5) is 16.2. The highest BCUT2D eigenvalue weighted by atomic mass is 19.1. The number of carbonyl (C=O) groups excluding carboxylic acids is 1. The van der Waals surface area contributed by atoms with Crippen molar-refractivity contribution in [1.29, 1.82) is 0 Å². The minimum atomic E-state index is -0.405. The van der Waals surface area contributed by atoms with Crippen LogP contribution in [0.2, 0.25) is 0 Å². The van der Waals surface area contributed by atoms with Gasteiger partial charge < -0.3 is 19.3 Å². The van der Waals surface area contributed by atoms with Crippen LogP contribution in [0.5, 0.6) is 11.5 Å². The maximum atomic E-state index is 12.9. The highest BCUT2D eigenvalue weighted by Crippen LogP contribution is 2.31. The second kappa shape index (κ2) is 7.64. The Morgan fingerprint density at radius 3 is 2.54 bits per heavy atom. The predicted molar refractivity (Wildman–Crippen MR) is 90.4 cm³/mol. The lowest BCUT2D eigenvalue weighted by molar-refractivity contribution is 0.0946. The number of aromatic nitrogens is 2. The molecule has 0 unspecified atom stereocenters. The zero-order valence-electron chi connectivity index (χ0n) is 14.2. The molecule has 0 bridgehead atoms. The van der Waals surface area contributed by atoms with E-state index >= 15 is 0 Å². The van der Waals surface area contributed by atoms with Gasteiger partial charge in [0.1, 0.15) is 5.82 Å². The number of hydrogen-bond acceptors (Lipinski definition) is 6. The number of ether oxygens (including phenoxy) is 2. The zero-order chi connectivity index (χ0) is 18.5. The van der Waals surface area contributed by atoms with E-state index in [9.17, 15) is 9.18 Å². The van der Waals surface area contributed by atoms with E-state index in [1.807, 2.05) is 0 Å². The van der Waals surface area contributed by atoms with Crippen molar-refractivity contribution >= 4 is 5.91 Å². The van der Waals surface area contributed by atoms with Gasteiger partial charge in [0.15, 0.2) is 11.5 Å². The molecule has 0 saturated carbocycles. The van der Waals surface area contributed by atoms with Crippen LogP contribution in [0.4, 0.5) is 4.39 Å². The average molecular weight is 357 g/mol. The van der Waals surface area contributed by atoms with Gasteiger partial charge in [-0.2, -0.15) is 4.98 Å². The summed E-state index contributed by atoms with van der Waals surface area (Å²) in [5, 5.41) is 6.53. The monoisotopic (exact) mass is 357 g/mol. The largest absolute Gasteiger partial charge is 0.493 e. The summed E-state index contributed by atoms with van der Waals surface area (Å²) in [6, 6.07) is 10.5. The molecule has 2 aromatic carbocycles. The van der Waals surface area contributed by atoms with Gasteiger partial charge in [0.05, 0.1) is 20.8 Å². The van der Waals surface area contributed by atoms with Crippen molar-refractivity contribution in [1.82, 2.24) is 15.5 Å². The topological polar surface area (TPSA) is 86.5 Å². The first-order chi connectivity index (χ1) is 12.6. The maximum absolute atomic E-state index is 12.9. The Morgan fingerprint density at radius 2 is 1.85 bits per heavy atom. The summed E-state index contributed by atoms with van der Waals surface area (Å²) >= 11 is 0. The van der Waals surface area contributed by atoms with Crippen molar-refractivity contribution < 1.29 is 23.2 Å². The number of hydrogen-bond donors (Lipinski definition) is 1. The Morgan fingerprint density at radius 1 is 1.12 bits per heavy atom. The molecule has 0 aliphatic carbocycles. The molecule has 3 aromatic rings. The van der Waals surface area contributed by atoms with Gasteiger partial charge in [-0.15, -0.1) is 0 Å². The Bertz CT molecular complexity index is 909. The molecule has 0 aliphatic rings. The standard InChI is InChI=1S/C18H16FN3O4/c1-24-14-8-5-12(9-15(14)25-2)17-21-16(26-22-17)10-20-18(23)11-3-6-13(19)7-4-11/h3-9H,10H2,1-2H3,(H,20,23). The Hall–Kier alpha value is -3.42. The van der Waals surface area contributed by atoms with Crippen molar-refractivity contribution in [2.75, 3.05) is 14.2 Å². The minimum absolute atomic E-state index is 0.0521. The molecule has 1 amide bonds. The molecule has 1 N–H and O–H groups in total. The lowest BCUT2D eigenvalue weighted by Crippen LogP contribution is -2.22. The number of methoxy groups -OCH3 is 2. The third-order valence-electron chi connectivity index (χ3n) is 3.62. The molecular formula is C18H16FN3O4. The number of nitrogens with zero attached hydrogens (tertiary/aromatic N) is 2. The van der Waals surface area contributed by atoms with Gasteiger partial charge in [-0.05, 0) is 42.5 Å². The zero-order valence-corrected chi connectivity index (χ0v) is 14.2. The predicted octanol–water partition coefficient (Wildman–Crippen LogP) is 2.82. The minimum Gasteiger partial charge on any atom is -0.493 e. The molecule has 26 heavy (non-hydrogen) atoms. The van der Waals surface area contributed by atoms with Gasteiger partial charge in [0.25, 0.3) is 5.91 Å². The lowest BCUT2D eigenvalue weighted by atomic mass is 10.2. The quantitative estimate of drug-likeness (QED) is 0.730. The van der Waals surface area contributed by atoms with Crippen LogP contribution in [0, 0.1) is 5.82 Å². The molecule has 0 fully saturated rings. The molecule has 0 saturated heterocycles. The van der Waals surface area contributed by atoms with Crippen LogP contribution in [0.25, 0.3) is 11.4 Å². The average Bonchev–Trinajstić information content (AvgIpc) is 3.15. The fourth-order valence-corrected chi connectivity index (χ4v) is 2.28. The number of rotatable bonds is 6. The van der Waals surface area contributed by atoms with Gasteiger partial charge in [0.2, 0.25) is 11.7 Å². The number of benzene rings is 2. The Kier molecular flexibility index (Phi) is 5.12. The molecule has 0 spiro atoms. The van der Waals surface area contributed by atoms with Gasteiger partial charge in [-0.1, -0.05) is 5.16 Å². The van der Waals surface area contributed by atoms with Gasteiger partial charge in [-0.25, -0.2) is 4.39 Å². The molecule has 1 heterocycles. The van der Waals surface area contributed by atoms with E-state index in [2.05, 4.69) is 15.5 Å². The number of halogens is 1. The van der Waals surface area contributed by atoms with Crippen LogP contribution < -0.4 is 14.8 Å². The van der Waals surface area contributed by atoms with Crippen molar-refractivity contribution in [3.8, 4) is 22.9 Å². The molecule has 3 rings (SSSR count). The van der Waals surface area contributed by atoms with Gasteiger partial charge >= 0.3 is 0 Å². The van der Waals surface area contributed by atoms with Crippen molar-refractivity contribution in [2.45, 2.75) is 6.54 Å². The first kappa shape index (κ1) is 17.4. The van der Waals surface area contributed by atoms with E-state index in [-0.39, 0.29) is 18.3 Å². The second-order valence-corrected chi connectivity index (χ2v) is 5.27. The van der Waals surface area contributed by atoms with E-state index in [4.69, 9.17) is 14.0 Å². The van der Waals surface area contributed by atoms with E-state index in [0.717, 1.165) is 0 Å². The normalized spacial score (nSPS) is 10.4. The van der Waals surface area contributed by atoms with Gasteiger partial charge in [-0.3, -0.25) is 4.79 Å². The van der Waals surface area contributed by atoms with Gasteiger partial charge in [0, 0.05) is 11.1 Å². The Labute approximate surface area is 148 Å². The highest BCUT2D eigenvalue weighted by Gasteiger charge is 2.13. The Balaban J connectivity index is 1.68. The summed E-state index contributed by atoms with van der Waals surface area (Å²) in [6.07, 6.45) is 0. The fourth-order valence-electron chi connectivity index (χ4n) is 2.28. The van der Waals surface area contributed by atoms with Crippen molar-refractivity contribution in [3.05, 3.63) is 59.7 Å². The molecule has 8 heteroatoms. The van der Waals surface area contributed by atoms with E-state index in [1.54, 1.807) is 25.3 Å². The van der Waals surface area contributed by atoms with Crippen LogP contribution >= 0.6 is 0 Å². The van der Waals surface area contributed by atoms with Crippen LogP contribution in [0.15, 0.2) is 47.0 Å². The third-order valence-corrected chi connectivity index (χ3v) is 3.62. The highest BCUT2D eigenvalue weighted by molar-refractivity contribution is 5.94. The first-order valence-corrected chi connectivity index (χ1v) is 7.69. The summed E-state index contributed by atoms with van der Waals surface area (Å²) in [6.45, 7) is 0.0521. The van der Waals surface area contributed by atoms with Crippen LogP contribution in [0.3, 0.4) is 0 Å². The smallest absolute Gasteiger partial charge is 0.251 e. The second-order valence-electron chi connectivity index (χ2n) is 5.27. The third kappa shape index (κ3) is 3.80. The molecule has 134 valence electrons. The van der Waals surface area contributed by atoms with Crippen LogP contribution in [-0.4, -0.2) is 30.3 Å². The SMILES string of the molecule is COc1ccc(-c2noc(CNC(=O)c3ccc(F)cc3)n2)cc1OC. The lowest BCUT2D eigenvalue weighted by Gasteiger charge is -2.07. The molecular weight excluding hydrogens is 341 g/mol. The molecule has 0 radical (unpaired) electrons. The summed E-state index contributed by atoms with van der Waals surface area (Å²) in [5.41, 5.74) is 1.02. The summed E-state index contributed by atoms with van der Waals surface area (Å²) in [7, 11) is 3.09. The van der Waals surface area contributed by atoms with Crippen LogP contribution in [-0.2, 0) is 6.54 Å². The first-order valence-electron chi connectivity index (χ1n) is 7.69. The molecule has 0 atom stereocenters. The van der Waals surface area contributed by atoms with Crippen molar-refractivity contribution in [3.63, 3.8) is 0 Å². The molecule has 0 aliphatic heterocycles. The van der Waals surface area contributed by atoms with E-state index in [0.29, 0.717) is 28.5 Å². The summed E-state index contributed by atoms with van der Waals surface area (Å²) in [5.74, 6) is 0.962. The number of carbonyl (C=O) groups is 1. The van der Waals surface area contributed by atoms with Crippen LogP contribution in [0.1, 0.15) is 16.2 Å². The van der Waals surface area contributed by atoms with E-state index < -0.39 is 5.82 Å². The van der Waals surface area contributed by atoms with Crippen molar-refractivity contribution in [2.24, 2.45) is 0 Å². The van der Waals surface area contributed by atoms with E-state index in [1.165, 1.54) is 31.4 Å². The number of amides is 1. The summed E-state index contributed by atoms with van der Waals surface area (Å²) < 4.78 is 28.5.